The molecule has 0 aromatic carbocycles. The minimum Gasteiger partial charge on any atom is -0.366 e. The zero-order valence-electron chi connectivity index (χ0n) is 21.6. The van der Waals surface area contributed by atoms with Gasteiger partial charge in [0.25, 0.3) is 0 Å². The molecule has 9 heteroatoms. The lowest BCUT2D eigenvalue weighted by Crippen LogP contribution is -2.49. The summed E-state index contributed by atoms with van der Waals surface area (Å²) in [7, 11) is 0. The second kappa shape index (κ2) is 9.02. The summed E-state index contributed by atoms with van der Waals surface area (Å²) in [5.74, 6) is 3.52. The molecule has 2 aliphatic rings. The molecule has 0 radical (unpaired) electrons. The molecule has 5 aromatic heterocycles. The van der Waals surface area contributed by atoms with E-state index in [1.165, 1.54) is 18.4 Å². The number of nitrogens with one attached hydrogen (secondary N) is 3. The number of anilines is 3. The molecule has 3 N–H and O–H groups in total. The van der Waals surface area contributed by atoms with Crippen LogP contribution in [0.25, 0.3) is 27.8 Å². The van der Waals surface area contributed by atoms with Gasteiger partial charge in [0, 0.05) is 48.2 Å². The van der Waals surface area contributed by atoms with E-state index in [1.54, 1.807) is 6.20 Å². The maximum absolute atomic E-state index is 5.14. The van der Waals surface area contributed by atoms with Crippen molar-refractivity contribution < 1.29 is 0 Å². The van der Waals surface area contributed by atoms with Crippen molar-refractivity contribution in [3.8, 4) is 11.4 Å². The van der Waals surface area contributed by atoms with Crippen LogP contribution < -0.4 is 16.0 Å². The van der Waals surface area contributed by atoms with Gasteiger partial charge in [-0.2, -0.15) is 5.10 Å². The van der Waals surface area contributed by atoms with Crippen molar-refractivity contribution in [2.24, 2.45) is 5.41 Å². The van der Waals surface area contributed by atoms with Gasteiger partial charge in [-0.1, -0.05) is 19.9 Å². The van der Waals surface area contributed by atoms with Crippen LogP contribution >= 0.6 is 0 Å². The Hall–Kier alpha value is -4.11. The van der Waals surface area contributed by atoms with Crippen LogP contribution in [0, 0.1) is 5.41 Å². The summed E-state index contributed by atoms with van der Waals surface area (Å²) < 4.78 is 1.84. The summed E-state index contributed by atoms with van der Waals surface area (Å²) in [5, 5.41) is 16.4. The van der Waals surface area contributed by atoms with Crippen LogP contribution in [-0.2, 0) is 0 Å². The van der Waals surface area contributed by atoms with Crippen molar-refractivity contribution in [1.29, 1.82) is 0 Å². The third kappa shape index (κ3) is 4.32. The summed E-state index contributed by atoms with van der Waals surface area (Å²) in [6, 6.07) is 12.2. The fourth-order valence-corrected chi connectivity index (χ4v) is 5.42. The fourth-order valence-electron chi connectivity index (χ4n) is 5.42. The van der Waals surface area contributed by atoms with Crippen LogP contribution in [0.3, 0.4) is 0 Å². The third-order valence-electron chi connectivity index (χ3n) is 7.74. The van der Waals surface area contributed by atoms with E-state index in [1.807, 2.05) is 59.5 Å². The lowest BCUT2D eigenvalue weighted by Gasteiger charge is -2.40. The van der Waals surface area contributed by atoms with E-state index >= 15 is 0 Å². The SMILES string of the molecule is CC1(C)CNCC[C@@H]1Nc1nc(-c2ccnc(Nc3cc4ccccn4n3)c2)nc2cncc(C3CC3)c12. The van der Waals surface area contributed by atoms with E-state index < -0.39 is 0 Å². The summed E-state index contributed by atoms with van der Waals surface area (Å²) in [6.45, 7) is 6.59. The average Bonchev–Trinajstić information content (AvgIpc) is 3.69. The summed E-state index contributed by atoms with van der Waals surface area (Å²) >= 11 is 0. The molecule has 5 aromatic rings. The number of fused-ring (bicyclic) bond motifs is 2. The Morgan fingerprint density at radius 1 is 1.03 bits per heavy atom. The van der Waals surface area contributed by atoms with Crippen LogP contribution in [-0.4, -0.2) is 48.7 Å². The molecule has 0 bridgehead atoms. The molecule has 0 unspecified atom stereocenters. The van der Waals surface area contributed by atoms with Gasteiger partial charge in [0.05, 0.1) is 17.2 Å². The lowest BCUT2D eigenvalue weighted by atomic mass is 9.80. The Labute approximate surface area is 221 Å². The standard InChI is InChI=1S/C29H31N9/c1-29(2)17-30-10-9-23(29)34-28-26-21(18-6-7-18)15-31-16-22(26)33-27(36-28)19-8-11-32-24(13-19)35-25-14-20-5-3-4-12-38(20)37-25/h3-5,8,11-16,18,23,30H,6-7,9-10,17H2,1-2H3,(H,32,35,37)(H,33,34,36)/t23-/m0/s1. The van der Waals surface area contributed by atoms with Crippen LogP contribution in [0.1, 0.15) is 44.6 Å². The Morgan fingerprint density at radius 3 is 2.79 bits per heavy atom. The summed E-state index contributed by atoms with van der Waals surface area (Å²) in [6.07, 6.45) is 11.0. The number of hydrogen-bond donors (Lipinski definition) is 3. The zero-order valence-corrected chi connectivity index (χ0v) is 21.6. The van der Waals surface area contributed by atoms with E-state index in [2.05, 4.69) is 44.9 Å². The summed E-state index contributed by atoms with van der Waals surface area (Å²) in [5.41, 5.74) is 4.13. The van der Waals surface area contributed by atoms with E-state index in [9.17, 15) is 0 Å². The molecule has 7 rings (SSSR count). The number of pyridine rings is 3. The van der Waals surface area contributed by atoms with Crippen molar-refractivity contribution in [2.75, 3.05) is 23.7 Å². The molecule has 1 saturated carbocycles. The predicted molar refractivity (Wildman–Crippen MR) is 150 cm³/mol. The number of rotatable bonds is 6. The van der Waals surface area contributed by atoms with Gasteiger partial charge in [-0.3, -0.25) is 4.98 Å². The second-order valence-corrected chi connectivity index (χ2v) is 11.1. The zero-order chi connectivity index (χ0) is 25.7. The van der Waals surface area contributed by atoms with E-state index in [-0.39, 0.29) is 5.41 Å². The van der Waals surface area contributed by atoms with E-state index in [0.29, 0.717) is 23.6 Å². The van der Waals surface area contributed by atoms with Gasteiger partial charge in [-0.15, -0.1) is 0 Å². The highest BCUT2D eigenvalue weighted by molar-refractivity contribution is 5.93. The van der Waals surface area contributed by atoms with Gasteiger partial charge in [0.15, 0.2) is 11.6 Å². The molecule has 9 nitrogen and oxygen atoms in total. The highest BCUT2D eigenvalue weighted by atomic mass is 15.3. The molecule has 38 heavy (non-hydrogen) atoms. The first-order valence-electron chi connectivity index (χ1n) is 13.3. The van der Waals surface area contributed by atoms with Gasteiger partial charge in [-0.25, -0.2) is 19.5 Å². The van der Waals surface area contributed by atoms with Crippen molar-refractivity contribution in [2.45, 2.75) is 45.1 Å². The second-order valence-electron chi connectivity index (χ2n) is 11.1. The molecule has 1 aliphatic carbocycles. The van der Waals surface area contributed by atoms with Crippen LogP contribution in [0.4, 0.5) is 17.5 Å². The van der Waals surface area contributed by atoms with Crippen molar-refractivity contribution in [1.82, 2.24) is 34.9 Å². The molecule has 0 amide bonds. The van der Waals surface area contributed by atoms with Crippen LogP contribution in [0.2, 0.25) is 0 Å². The van der Waals surface area contributed by atoms with Crippen molar-refractivity contribution in [3.05, 3.63) is 66.7 Å². The van der Waals surface area contributed by atoms with Crippen LogP contribution in [0.15, 0.2) is 61.2 Å². The molecule has 0 spiro atoms. The summed E-state index contributed by atoms with van der Waals surface area (Å²) in [4.78, 5) is 19.2. The first kappa shape index (κ1) is 23.0. The van der Waals surface area contributed by atoms with Gasteiger partial charge in [0.1, 0.15) is 11.6 Å². The smallest absolute Gasteiger partial charge is 0.162 e. The maximum atomic E-state index is 5.14. The Balaban J connectivity index is 1.28. The molecule has 1 saturated heterocycles. The largest absolute Gasteiger partial charge is 0.366 e. The predicted octanol–water partition coefficient (Wildman–Crippen LogP) is 5.16. The highest BCUT2D eigenvalue weighted by Gasteiger charge is 2.34. The molecule has 1 atom stereocenters. The normalized spacial score (nSPS) is 19.1. The molecule has 1 aliphatic heterocycles. The monoisotopic (exact) mass is 505 g/mol. The number of aromatic nitrogens is 6. The Bertz CT molecular complexity index is 1600. The molecular weight excluding hydrogens is 474 g/mol. The Morgan fingerprint density at radius 2 is 1.95 bits per heavy atom. The van der Waals surface area contributed by atoms with Gasteiger partial charge >= 0.3 is 0 Å². The minimum absolute atomic E-state index is 0.102. The van der Waals surface area contributed by atoms with Gasteiger partial charge in [0.2, 0.25) is 0 Å². The fraction of sp³-hybridized carbons (Fsp3) is 0.345. The maximum Gasteiger partial charge on any atom is 0.162 e. The van der Waals surface area contributed by atoms with Gasteiger partial charge < -0.3 is 16.0 Å². The highest BCUT2D eigenvalue weighted by Crippen LogP contribution is 2.44. The van der Waals surface area contributed by atoms with E-state index in [4.69, 9.17) is 9.97 Å². The van der Waals surface area contributed by atoms with Gasteiger partial charge in [-0.05, 0) is 67.0 Å². The quantitative estimate of drug-likeness (QED) is 0.291. The first-order valence-corrected chi connectivity index (χ1v) is 13.3. The average molecular weight is 506 g/mol. The first-order chi connectivity index (χ1) is 18.5. The number of nitrogens with zero attached hydrogens (tertiary/aromatic N) is 6. The third-order valence-corrected chi connectivity index (χ3v) is 7.74. The van der Waals surface area contributed by atoms with E-state index in [0.717, 1.165) is 53.1 Å². The van der Waals surface area contributed by atoms with Crippen molar-refractivity contribution >= 4 is 33.9 Å². The number of hydrogen-bond acceptors (Lipinski definition) is 8. The topological polar surface area (TPSA) is 105 Å². The molecule has 2 fully saturated rings. The minimum atomic E-state index is 0.102. The number of piperidine rings is 1. The molecular formula is C29H31N9. The Kier molecular flexibility index (Phi) is 5.47. The van der Waals surface area contributed by atoms with Crippen LogP contribution in [0.5, 0.6) is 0 Å². The molecule has 192 valence electrons. The van der Waals surface area contributed by atoms with Crippen molar-refractivity contribution in [3.63, 3.8) is 0 Å². The lowest BCUT2D eigenvalue weighted by molar-refractivity contribution is 0.236. The molecule has 6 heterocycles.